The molecule has 0 aliphatic carbocycles. The first-order chi connectivity index (χ1) is 8.92. The maximum atomic E-state index is 5.07. The number of pyridine rings is 1. The van der Waals surface area contributed by atoms with Crippen molar-refractivity contribution < 1.29 is 4.74 Å². The Morgan fingerprint density at radius 1 is 1.33 bits per heavy atom. The third kappa shape index (κ3) is 3.31. The van der Waals surface area contributed by atoms with Crippen molar-refractivity contribution in [3.63, 3.8) is 0 Å². The fraction of sp³-hybridized carbons (Fsp3) is 0.267. The van der Waals surface area contributed by atoms with E-state index < -0.39 is 0 Å². The highest BCUT2D eigenvalue weighted by atomic mass is 16.5. The van der Waals surface area contributed by atoms with Crippen LogP contribution in [0.2, 0.25) is 0 Å². The van der Waals surface area contributed by atoms with Gasteiger partial charge in [-0.05, 0) is 30.0 Å². The van der Waals surface area contributed by atoms with E-state index in [4.69, 9.17) is 4.74 Å². The Morgan fingerprint density at radius 2 is 2.28 bits per heavy atom. The number of benzene rings is 1. The number of fused-ring (bicyclic) bond motifs is 1. The second kappa shape index (κ2) is 6.77. The second-order valence-electron chi connectivity index (χ2n) is 4.08. The summed E-state index contributed by atoms with van der Waals surface area (Å²) < 4.78 is 5.07. The van der Waals surface area contributed by atoms with Crippen LogP contribution in [0.15, 0.2) is 49.5 Å². The van der Waals surface area contributed by atoms with Crippen molar-refractivity contribution in [2.24, 2.45) is 0 Å². The van der Waals surface area contributed by atoms with Crippen molar-refractivity contribution in [1.82, 2.24) is 10.3 Å². The summed E-state index contributed by atoms with van der Waals surface area (Å²) in [6.45, 7) is 6.04. The zero-order valence-corrected chi connectivity index (χ0v) is 10.4. The van der Waals surface area contributed by atoms with Gasteiger partial charge in [-0.3, -0.25) is 4.98 Å². The summed E-state index contributed by atoms with van der Waals surface area (Å²) in [4.78, 5) is 4.14. The van der Waals surface area contributed by atoms with E-state index in [2.05, 4.69) is 41.1 Å². The molecule has 0 saturated carbocycles. The van der Waals surface area contributed by atoms with Crippen LogP contribution in [0.4, 0.5) is 0 Å². The minimum absolute atomic E-state index is 0.718. The van der Waals surface area contributed by atoms with Gasteiger partial charge in [-0.15, -0.1) is 0 Å². The average molecular weight is 242 g/mol. The molecule has 0 unspecified atom stereocenters. The fourth-order valence-corrected chi connectivity index (χ4v) is 1.93. The molecule has 0 fully saturated rings. The van der Waals surface area contributed by atoms with Gasteiger partial charge in [0, 0.05) is 24.3 Å². The third-order valence-electron chi connectivity index (χ3n) is 2.82. The Bertz CT molecular complexity index is 505. The predicted octanol–water partition coefficient (Wildman–Crippen LogP) is 2.87. The highest BCUT2D eigenvalue weighted by Crippen LogP contribution is 2.16. The number of hydrogen-bond acceptors (Lipinski definition) is 3. The predicted molar refractivity (Wildman–Crippen MR) is 74.2 cm³/mol. The lowest BCUT2D eigenvalue weighted by Crippen LogP contribution is -2.16. The van der Waals surface area contributed by atoms with Gasteiger partial charge in [0.15, 0.2) is 0 Å². The molecule has 1 heterocycles. The summed E-state index contributed by atoms with van der Waals surface area (Å²) in [5.74, 6) is 0. The SMILES string of the molecule is C=COCCCNCc1cccc2cnccc12. The molecule has 0 amide bonds. The van der Waals surface area contributed by atoms with E-state index in [-0.39, 0.29) is 0 Å². The second-order valence-corrected chi connectivity index (χ2v) is 4.08. The van der Waals surface area contributed by atoms with Crippen LogP contribution in [0.3, 0.4) is 0 Å². The van der Waals surface area contributed by atoms with E-state index in [1.807, 2.05) is 12.4 Å². The lowest BCUT2D eigenvalue weighted by Gasteiger charge is -2.08. The molecule has 0 atom stereocenters. The van der Waals surface area contributed by atoms with Crippen LogP contribution in [0.5, 0.6) is 0 Å². The zero-order chi connectivity index (χ0) is 12.6. The summed E-state index contributed by atoms with van der Waals surface area (Å²) >= 11 is 0. The van der Waals surface area contributed by atoms with Gasteiger partial charge < -0.3 is 10.1 Å². The molecule has 0 bridgehead atoms. The maximum Gasteiger partial charge on any atom is 0.0885 e. The van der Waals surface area contributed by atoms with Crippen LogP contribution in [0, 0.1) is 0 Å². The van der Waals surface area contributed by atoms with Gasteiger partial charge in [-0.1, -0.05) is 24.8 Å². The number of aromatic nitrogens is 1. The largest absolute Gasteiger partial charge is 0.502 e. The fourth-order valence-electron chi connectivity index (χ4n) is 1.93. The lowest BCUT2D eigenvalue weighted by molar-refractivity contribution is 0.244. The highest BCUT2D eigenvalue weighted by molar-refractivity contribution is 5.84. The molecular weight excluding hydrogens is 224 g/mol. The van der Waals surface area contributed by atoms with Crippen LogP contribution in [0.1, 0.15) is 12.0 Å². The van der Waals surface area contributed by atoms with Gasteiger partial charge in [-0.25, -0.2) is 0 Å². The monoisotopic (exact) mass is 242 g/mol. The van der Waals surface area contributed by atoms with Crippen molar-refractivity contribution in [3.05, 3.63) is 55.1 Å². The van der Waals surface area contributed by atoms with Crippen molar-refractivity contribution in [2.45, 2.75) is 13.0 Å². The number of nitrogens with zero attached hydrogens (tertiary/aromatic N) is 1. The summed E-state index contributed by atoms with van der Waals surface area (Å²) in [7, 11) is 0. The topological polar surface area (TPSA) is 34.1 Å². The van der Waals surface area contributed by atoms with Gasteiger partial charge in [0.1, 0.15) is 0 Å². The van der Waals surface area contributed by atoms with Crippen molar-refractivity contribution in [3.8, 4) is 0 Å². The van der Waals surface area contributed by atoms with Gasteiger partial charge in [-0.2, -0.15) is 0 Å². The van der Waals surface area contributed by atoms with Gasteiger partial charge in [0.2, 0.25) is 0 Å². The Hall–Kier alpha value is -1.87. The van der Waals surface area contributed by atoms with Crippen LogP contribution in [-0.2, 0) is 11.3 Å². The molecule has 0 saturated heterocycles. The molecule has 2 aromatic rings. The molecule has 3 heteroatoms. The van der Waals surface area contributed by atoms with E-state index in [9.17, 15) is 0 Å². The van der Waals surface area contributed by atoms with E-state index in [0.717, 1.165) is 26.1 Å². The smallest absolute Gasteiger partial charge is 0.0885 e. The molecule has 0 aliphatic heterocycles. The van der Waals surface area contributed by atoms with E-state index in [1.54, 1.807) is 0 Å². The van der Waals surface area contributed by atoms with E-state index in [0.29, 0.717) is 0 Å². The Balaban J connectivity index is 1.89. The lowest BCUT2D eigenvalue weighted by atomic mass is 10.1. The first-order valence-electron chi connectivity index (χ1n) is 6.16. The van der Waals surface area contributed by atoms with Crippen molar-refractivity contribution in [1.29, 1.82) is 0 Å². The van der Waals surface area contributed by atoms with Gasteiger partial charge in [0.25, 0.3) is 0 Å². The first kappa shape index (κ1) is 12.6. The summed E-state index contributed by atoms with van der Waals surface area (Å²) in [6, 6.07) is 8.37. The minimum atomic E-state index is 0.718. The molecule has 1 aromatic carbocycles. The van der Waals surface area contributed by atoms with Crippen LogP contribution in [0.25, 0.3) is 10.8 Å². The Kier molecular flexibility index (Phi) is 4.73. The molecular formula is C15H18N2O. The molecule has 1 N–H and O–H groups in total. The zero-order valence-electron chi connectivity index (χ0n) is 10.4. The van der Waals surface area contributed by atoms with E-state index >= 15 is 0 Å². The summed E-state index contributed by atoms with van der Waals surface area (Å²) in [5, 5.41) is 5.87. The molecule has 0 radical (unpaired) electrons. The minimum Gasteiger partial charge on any atom is -0.502 e. The number of nitrogens with one attached hydrogen (secondary N) is 1. The number of hydrogen-bond donors (Lipinski definition) is 1. The van der Waals surface area contributed by atoms with Crippen molar-refractivity contribution in [2.75, 3.05) is 13.2 Å². The third-order valence-corrected chi connectivity index (χ3v) is 2.82. The number of rotatable bonds is 7. The average Bonchev–Trinajstić information content (AvgIpc) is 2.43. The van der Waals surface area contributed by atoms with Crippen LogP contribution in [-0.4, -0.2) is 18.1 Å². The molecule has 18 heavy (non-hydrogen) atoms. The van der Waals surface area contributed by atoms with Crippen molar-refractivity contribution >= 4 is 10.8 Å². The molecule has 0 aliphatic rings. The Labute approximate surface area is 107 Å². The van der Waals surface area contributed by atoms with Crippen LogP contribution < -0.4 is 5.32 Å². The molecule has 0 spiro atoms. The van der Waals surface area contributed by atoms with E-state index in [1.165, 1.54) is 22.6 Å². The number of ether oxygens (including phenoxy) is 1. The molecule has 1 aromatic heterocycles. The maximum absolute atomic E-state index is 5.07. The van der Waals surface area contributed by atoms with Gasteiger partial charge in [0.05, 0.1) is 12.9 Å². The first-order valence-corrected chi connectivity index (χ1v) is 6.16. The van der Waals surface area contributed by atoms with Crippen LogP contribution >= 0.6 is 0 Å². The van der Waals surface area contributed by atoms with Gasteiger partial charge >= 0.3 is 0 Å². The normalized spacial score (nSPS) is 10.4. The summed E-state index contributed by atoms with van der Waals surface area (Å²) in [6.07, 6.45) is 6.20. The molecule has 2 rings (SSSR count). The standard InChI is InChI=1S/C15H18N2O/c1-2-18-10-4-8-16-11-13-5-3-6-14-12-17-9-7-15(13)14/h2-3,5-7,9,12,16H,1,4,8,10-11H2. The molecule has 94 valence electrons. The Morgan fingerprint density at radius 3 is 3.17 bits per heavy atom. The summed E-state index contributed by atoms with van der Waals surface area (Å²) in [5.41, 5.74) is 1.31. The highest BCUT2D eigenvalue weighted by Gasteiger charge is 1.99. The molecule has 3 nitrogen and oxygen atoms in total. The quantitative estimate of drug-likeness (QED) is 0.599.